The van der Waals surface area contributed by atoms with Crippen LogP contribution in [-0.4, -0.2) is 56.6 Å². The number of rotatable bonds is 8. The number of nitrogens with one attached hydrogen (secondary N) is 2. The van der Waals surface area contributed by atoms with Crippen LogP contribution in [0.4, 0.5) is 0 Å². The number of nitrogens with two attached hydrogens (primary N) is 1. The number of hydrogen-bond donors (Lipinski definition) is 3. The lowest BCUT2D eigenvalue weighted by Gasteiger charge is -2.25. The van der Waals surface area contributed by atoms with Gasteiger partial charge < -0.3 is 10.1 Å². The maximum Gasteiger partial charge on any atom is 0.253 e. The van der Waals surface area contributed by atoms with Gasteiger partial charge in [0.15, 0.2) is 0 Å². The van der Waals surface area contributed by atoms with Crippen molar-refractivity contribution in [1.29, 1.82) is 0 Å². The van der Waals surface area contributed by atoms with Crippen molar-refractivity contribution < 1.29 is 14.3 Å². The number of methoxy groups -OCH3 is 1. The van der Waals surface area contributed by atoms with Gasteiger partial charge in [0.05, 0.1) is 13.2 Å². The summed E-state index contributed by atoms with van der Waals surface area (Å²) in [4.78, 5) is 24.5. The monoisotopic (exact) mass is 246 g/mol. The van der Waals surface area contributed by atoms with Crippen molar-refractivity contribution in [3.63, 3.8) is 0 Å². The van der Waals surface area contributed by atoms with Crippen molar-refractivity contribution in [1.82, 2.24) is 15.6 Å². The normalized spacial score (nSPS) is 12.3. The van der Waals surface area contributed by atoms with Crippen LogP contribution in [0.2, 0.25) is 0 Å². The first-order valence-electron chi connectivity index (χ1n) is 5.53. The van der Waals surface area contributed by atoms with Crippen LogP contribution in [0.1, 0.15) is 13.3 Å². The van der Waals surface area contributed by atoms with Gasteiger partial charge in [0.2, 0.25) is 5.91 Å². The van der Waals surface area contributed by atoms with Gasteiger partial charge in [0.1, 0.15) is 6.04 Å². The van der Waals surface area contributed by atoms with Crippen molar-refractivity contribution in [2.45, 2.75) is 19.4 Å². The van der Waals surface area contributed by atoms with Crippen LogP contribution in [0.3, 0.4) is 0 Å². The average Bonchev–Trinajstić information content (AvgIpc) is 2.32. The quantitative estimate of drug-likeness (QED) is 0.274. The number of ether oxygens (including phenoxy) is 1. The minimum atomic E-state index is -0.572. The molecule has 0 spiro atoms. The van der Waals surface area contributed by atoms with Gasteiger partial charge in [-0.15, -0.1) is 0 Å². The average molecular weight is 246 g/mol. The molecular formula is C10H22N4O3. The summed E-state index contributed by atoms with van der Waals surface area (Å²) in [6, 6.07) is -0.572. The van der Waals surface area contributed by atoms with E-state index >= 15 is 0 Å². The van der Waals surface area contributed by atoms with E-state index in [9.17, 15) is 9.59 Å². The summed E-state index contributed by atoms with van der Waals surface area (Å²) in [6.07, 6.45) is 0.875. The van der Waals surface area contributed by atoms with Gasteiger partial charge in [-0.2, -0.15) is 0 Å². The minimum absolute atomic E-state index is 0.125. The molecule has 0 aromatic carbocycles. The molecule has 2 amide bonds. The summed E-state index contributed by atoms with van der Waals surface area (Å²) >= 11 is 0. The van der Waals surface area contributed by atoms with Crippen LogP contribution >= 0.6 is 0 Å². The molecule has 0 rings (SSSR count). The lowest BCUT2D eigenvalue weighted by Crippen LogP contribution is -2.52. The zero-order chi connectivity index (χ0) is 13.3. The zero-order valence-corrected chi connectivity index (χ0v) is 10.7. The Morgan fingerprint density at radius 2 is 2.12 bits per heavy atom. The Balaban J connectivity index is 4.26. The van der Waals surface area contributed by atoms with Gasteiger partial charge in [0.25, 0.3) is 5.91 Å². The molecule has 0 saturated heterocycles. The van der Waals surface area contributed by atoms with Crippen molar-refractivity contribution in [2.75, 3.05) is 33.9 Å². The van der Waals surface area contributed by atoms with Crippen LogP contribution in [0, 0.1) is 0 Å². The molecular weight excluding hydrogens is 224 g/mol. The van der Waals surface area contributed by atoms with Gasteiger partial charge in [0, 0.05) is 13.7 Å². The van der Waals surface area contributed by atoms with Crippen molar-refractivity contribution in [2.24, 2.45) is 5.84 Å². The zero-order valence-electron chi connectivity index (χ0n) is 10.7. The van der Waals surface area contributed by atoms with Crippen LogP contribution in [-0.2, 0) is 14.3 Å². The lowest BCUT2D eigenvalue weighted by atomic mass is 10.2. The van der Waals surface area contributed by atoms with Gasteiger partial charge in [-0.3, -0.25) is 19.9 Å². The molecule has 0 aliphatic carbocycles. The largest absolute Gasteiger partial charge is 0.383 e. The van der Waals surface area contributed by atoms with Crippen molar-refractivity contribution in [3.8, 4) is 0 Å². The molecule has 17 heavy (non-hydrogen) atoms. The number of likely N-dealkylation sites (N-methyl/N-ethyl adjacent to an activating group) is 1. The first kappa shape index (κ1) is 15.8. The lowest BCUT2D eigenvalue weighted by molar-refractivity contribution is -0.130. The van der Waals surface area contributed by atoms with E-state index in [1.807, 2.05) is 6.92 Å². The van der Waals surface area contributed by atoms with Crippen LogP contribution in [0.15, 0.2) is 0 Å². The molecule has 100 valence electrons. The molecule has 0 aliphatic rings. The van der Waals surface area contributed by atoms with Crippen LogP contribution < -0.4 is 16.6 Å². The number of nitrogens with zero attached hydrogens (tertiary/aromatic N) is 1. The molecule has 0 bridgehead atoms. The van der Waals surface area contributed by atoms with Crippen LogP contribution in [0.25, 0.3) is 0 Å². The smallest absolute Gasteiger partial charge is 0.253 e. The Morgan fingerprint density at radius 1 is 1.47 bits per heavy atom. The second-order valence-corrected chi connectivity index (χ2v) is 3.74. The van der Waals surface area contributed by atoms with Gasteiger partial charge in [-0.1, -0.05) is 6.92 Å². The molecule has 0 aromatic rings. The highest BCUT2D eigenvalue weighted by Gasteiger charge is 2.23. The van der Waals surface area contributed by atoms with Crippen LogP contribution in [0.5, 0.6) is 0 Å². The number of hydrazine groups is 1. The first-order chi connectivity index (χ1) is 8.06. The molecule has 0 fully saturated rings. The third-order valence-electron chi connectivity index (χ3n) is 2.27. The van der Waals surface area contributed by atoms with E-state index in [2.05, 4.69) is 10.7 Å². The van der Waals surface area contributed by atoms with E-state index in [0.717, 1.165) is 6.42 Å². The predicted molar refractivity (Wildman–Crippen MR) is 63.9 cm³/mol. The molecule has 0 saturated carbocycles. The fraction of sp³-hybridized carbons (Fsp3) is 0.800. The maximum atomic E-state index is 11.5. The van der Waals surface area contributed by atoms with E-state index in [1.165, 1.54) is 7.11 Å². The molecule has 0 radical (unpaired) electrons. The van der Waals surface area contributed by atoms with Crippen molar-refractivity contribution >= 4 is 11.8 Å². The Labute approximate surface area is 102 Å². The number of hydrogen-bond acceptors (Lipinski definition) is 5. The second-order valence-electron chi connectivity index (χ2n) is 3.74. The Hall–Kier alpha value is -1.18. The molecule has 1 unspecified atom stereocenters. The molecule has 0 aliphatic heterocycles. The molecule has 1 atom stereocenters. The Bertz CT molecular complexity index is 248. The third kappa shape index (κ3) is 6.20. The second kappa shape index (κ2) is 8.91. The summed E-state index contributed by atoms with van der Waals surface area (Å²) < 4.78 is 4.92. The van der Waals surface area contributed by atoms with E-state index in [-0.39, 0.29) is 25.0 Å². The fourth-order valence-corrected chi connectivity index (χ4v) is 1.31. The predicted octanol–water partition coefficient (Wildman–Crippen LogP) is -1.55. The van der Waals surface area contributed by atoms with Gasteiger partial charge in [-0.05, 0) is 13.5 Å². The first-order valence-corrected chi connectivity index (χ1v) is 5.53. The van der Waals surface area contributed by atoms with E-state index in [1.54, 1.807) is 11.9 Å². The van der Waals surface area contributed by atoms with Gasteiger partial charge >= 0.3 is 0 Å². The molecule has 0 aromatic heterocycles. The fourth-order valence-electron chi connectivity index (χ4n) is 1.31. The SMILES string of the molecule is CCCNC(=O)CN(C)C(COC)C(=O)NN. The van der Waals surface area contributed by atoms with Crippen molar-refractivity contribution in [3.05, 3.63) is 0 Å². The Kier molecular flexibility index (Phi) is 8.29. The van der Waals surface area contributed by atoms with E-state index in [4.69, 9.17) is 10.6 Å². The summed E-state index contributed by atoms with van der Waals surface area (Å²) in [5.74, 6) is 4.57. The summed E-state index contributed by atoms with van der Waals surface area (Å²) in [6.45, 7) is 2.91. The molecule has 4 N–H and O–H groups in total. The summed E-state index contributed by atoms with van der Waals surface area (Å²) in [7, 11) is 3.16. The number of carbonyl (C=O) groups is 2. The topological polar surface area (TPSA) is 96.7 Å². The van der Waals surface area contributed by atoms with E-state index < -0.39 is 6.04 Å². The highest BCUT2D eigenvalue weighted by molar-refractivity contribution is 5.83. The standard InChI is InChI=1S/C10H22N4O3/c1-4-5-12-9(15)6-14(2)8(7-17-3)10(16)13-11/h8H,4-7,11H2,1-3H3,(H,12,15)(H,13,16). The van der Waals surface area contributed by atoms with E-state index in [0.29, 0.717) is 6.54 Å². The molecule has 0 heterocycles. The number of amides is 2. The molecule has 7 nitrogen and oxygen atoms in total. The number of carbonyl (C=O) groups excluding carboxylic acids is 2. The highest BCUT2D eigenvalue weighted by atomic mass is 16.5. The highest BCUT2D eigenvalue weighted by Crippen LogP contribution is 1.97. The summed E-state index contributed by atoms with van der Waals surface area (Å²) in [5.41, 5.74) is 2.05. The molecule has 7 heteroatoms. The minimum Gasteiger partial charge on any atom is -0.383 e. The third-order valence-corrected chi connectivity index (χ3v) is 2.27. The summed E-state index contributed by atoms with van der Waals surface area (Å²) in [5, 5.41) is 2.73. The Morgan fingerprint density at radius 3 is 2.59 bits per heavy atom. The van der Waals surface area contributed by atoms with Gasteiger partial charge in [-0.25, -0.2) is 5.84 Å². The maximum absolute atomic E-state index is 11.5.